The number of hydrogen-bond acceptors (Lipinski definition) is 2. The van der Waals surface area contributed by atoms with E-state index >= 15 is 0 Å². The molecule has 3 nitrogen and oxygen atoms in total. The lowest BCUT2D eigenvalue weighted by molar-refractivity contribution is -0.116. The van der Waals surface area contributed by atoms with Crippen molar-refractivity contribution in [3.8, 4) is 0 Å². The average molecular weight is 208 g/mol. The summed E-state index contributed by atoms with van der Waals surface area (Å²) in [5.74, 6) is -0.430. The molecule has 1 aliphatic rings. The van der Waals surface area contributed by atoms with Crippen molar-refractivity contribution in [2.45, 2.75) is 19.8 Å². The molecule has 1 aliphatic heterocycles. The van der Waals surface area contributed by atoms with Crippen LogP contribution >= 0.6 is 0 Å². The molecule has 0 atom stereocenters. The molecule has 0 bridgehead atoms. The largest absolute Gasteiger partial charge is 0.396 e. The standard InChI is InChI=1S/C11H13FN2O/c1-7(15)14-4-2-3-8-5-9(12)10(13)6-11(8)14/h5-6H,2-4,13H2,1H3. The third-order valence-electron chi connectivity index (χ3n) is 2.70. The van der Waals surface area contributed by atoms with Gasteiger partial charge in [-0.15, -0.1) is 0 Å². The summed E-state index contributed by atoms with van der Waals surface area (Å²) in [5, 5.41) is 0. The van der Waals surface area contributed by atoms with Crippen LogP contribution in [-0.2, 0) is 11.2 Å². The summed E-state index contributed by atoms with van der Waals surface area (Å²) in [5.41, 5.74) is 7.21. The maximum atomic E-state index is 13.2. The molecule has 0 unspecified atom stereocenters. The summed E-state index contributed by atoms with van der Waals surface area (Å²) < 4.78 is 13.2. The van der Waals surface area contributed by atoms with Gasteiger partial charge in [-0.2, -0.15) is 0 Å². The van der Waals surface area contributed by atoms with Gasteiger partial charge in [-0.25, -0.2) is 4.39 Å². The number of rotatable bonds is 0. The molecule has 0 saturated carbocycles. The lowest BCUT2D eigenvalue weighted by atomic mass is 10.0. The first-order valence-electron chi connectivity index (χ1n) is 4.95. The highest BCUT2D eigenvalue weighted by Crippen LogP contribution is 2.30. The summed E-state index contributed by atoms with van der Waals surface area (Å²) in [7, 11) is 0. The SMILES string of the molecule is CC(=O)N1CCCc2cc(F)c(N)cc21. The van der Waals surface area contributed by atoms with Gasteiger partial charge in [0.2, 0.25) is 5.91 Å². The van der Waals surface area contributed by atoms with Gasteiger partial charge in [0.25, 0.3) is 0 Å². The first kappa shape index (κ1) is 9.96. The third kappa shape index (κ3) is 1.67. The van der Waals surface area contributed by atoms with Crippen molar-refractivity contribution < 1.29 is 9.18 Å². The number of fused-ring (bicyclic) bond motifs is 1. The van der Waals surface area contributed by atoms with Crippen LogP contribution in [0.5, 0.6) is 0 Å². The maximum Gasteiger partial charge on any atom is 0.223 e. The van der Waals surface area contributed by atoms with E-state index in [0.29, 0.717) is 6.54 Å². The highest BCUT2D eigenvalue weighted by atomic mass is 19.1. The molecule has 0 aromatic heterocycles. The Morgan fingerprint density at radius 1 is 1.53 bits per heavy atom. The number of carbonyl (C=O) groups is 1. The molecule has 1 heterocycles. The van der Waals surface area contributed by atoms with Crippen LogP contribution < -0.4 is 10.6 Å². The van der Waals surface area contributed by atoms with Crippen molar-refractivity contribution in [1.82, 2.24) is 0 Å². The minimum Gasteiger partial charge on any atom is -0.396 e. The van der Waals surface area contributed by atoms with E-state index in [1.807, 2.05) is 0 Å². The number of hydrogen-bond donors (Lipinski definition) is 1. The molecule has 0 saturated heterocycles. The van der Waals surface area contributed by atoms with E-state index in [0.717, 1.165) is 24.1 Å². The molecule has 0 fully saturated rings. The molecule has 1 amide bonds. The third-order valence-corrected chi connectivity index (χ3v) is 2.70. The number of halogens is 1. The number of aryl methyl sites for hydroxylation is 1. The normalized spacial score (nSPS) is 14.9. The molecule has 15 heavy (non-hydrogen) atoms. The Hall–Kier alpha value is -1.58. The van der Waals surface area contributed by atoms with Crippen molar-refractivity contribution in [2.75, 3.05) is 17.2 Å². The topological polar surface area (TPSA) is 46.3 Å². The van der Waals surface area contributed by atoms with Crippen LogP contribution in [0.15, 0.2) is 12.1 Å². The fourth-order valence-corrected chi connectivity index (χ4v) is 1.95. The number of nitrogen functional groups attached to an aromatic ring is 1. The zero-order valence-corrected chi connectivity index (χ0v) is 8.59. The molecule has 80 valence electrons. The number of carbonyl (C=O) groups excluding carboxylic acids is 1. The molecule has 4 heteroatoms. The Kier molecular flexibility index (Phi) is 2.34. The van der Waals surface area contributed by atoms with E-state index in [4.69, 9.17) is 5.73 Å². The Bertz CT molecular complexity index is 417. The van der Waals surface area contributed by atoms with Crippen molar-refractivity contribution in [3.63, 3.8) is 0 Å². The van der Waals surface area contributed by atoms with Crippen molar-refractivity contribution in [2.24, 2.45) is 0 Å². The Labute approximate surface area is 87.7 Å². The highest BCUT2D eigenvalue weighted by molar-refractivity contribution is 5.93. The zero-order chi connectivity index (χ0) is 11.0. The Morgan fingerprint density at radius 3 is 2.93 bits per heavy atom. The van der Waals surface area contributed by atoms with E-state index in [1.54, 1.807) is 11.0 Å². The maximum absolute atomic E-state index is 13.2. The number of nitrogens with zero attached hydrogens (tertiary/aromatic N) is 1. The van der Waals surface area contributed by atoms with Gasteiger partial charge < -0.3 is 10.6 Å². The van der Waals surface area contributed by atoms with Crippen LogP contribution in [-0.4, -0.2) is 12.5 Å². The molecular formula is C11H13FN2O. The minimum atomic E-state index is -0.404. The first-order valence-corrected chi connectivity index (χ1v) is 4.95. The van der Waals surface area contributed by atoms with Crippen LogP contribution in [0, 0.1) is 5.82 Å². The molecule has 2 N–H and O–H groups in total. The van der Waals surface area contributed by atoms with E-state index in [-0.39, 0.29) is 11.6 Å². The number of amides is 1. The Morgan fingerprint density at radius 2 is 2.27 bits per heavy atom. The van der Waals surface area contributed by atoms with Gasteiger partial charge in [0, 0.05) is 19.2 Å². The molecule has 0 spiro atoms. The lowest BCUT2D eigenvalue weighted by Gasteiger charge is -2.28. The number of nitrogens with two attached hydrogens (primary N) is 1. The summed E-state index contributed by atoms with van der Waals surface area (Å²) in [6.07, 6.45) is 1.67. The number of benzene rings is 1. The average Bonchev–Trinajstić information content (AvgIpc) is 2.18. The summed E-state index contributed by atoms with van der Waals surface area (Å²) in [4.78, 5) is 13.0. The molecule has 1 aromatic rings. The quantitative estimate of drug-likeness (QED) is 0.660. The van der Waals surface area contributed by atoms with Crippen LogP contribution in [0.2, 0.25) is 0 Å². The molecule has 0 radical (unpaired) electrons. The molecular weight excluding hydrogens is 195 g/mol. The van der Waals surface area contributed by atoms with Gasteiger partial charge in [0.1, 0.15) is 5.82 Å². The zero-order valence-electron chi connectivity index (χ0n) is 8.59. The molecule has 1 aromatic carbocycles. The fraction of sp³-hybridized carbons (Fsp3) is 0.364. The van der Waals surface area contributed by atoms with E-state index < -0.39 is 5.82 Å². The van der Waals surface area contributed by atoms with Gasteiger partial charge in [-0.3, -0.25) is 4.79 Å². The highest BCUT2D eigenvalue weighted by Gasteiger charge is 2.21. The predicted molar refractivity (Wildman–Crippen MR) is 57.2 cm³/mol. The summed E-state index contributed by atoms with van der Waals surface area (Å²) in [6.45, 7) is 2.20. The minimum absolute atomic E-state index is 0.0260. The second kappa shape index (κ2) is 3.53. The van der Waals surface area contributed by atoms with Crippen molar-refractivity contribution in [1.29, 1.82) is 0 Å². The first-order chi connectivity index (χ1) is 7.09. The second-order valence-corrected chi connectivity index (χ2v) is 3.78. The van der Waals surface area contributed by atoms with Crippen molar-refractivity contribution in [3.05, 3.63) is 23.5 Å². The van der Waals surface area contributed by atoms with Crippen LogP contribution in [0.1, 0.15) is 18.9 Å². The summed E-state index contributed by atoms with van der Waals surface area (Å²) >= 11 is 0. The fourth-order valence-electron chi connectivity index (χ4n) is 1.95. The molecule has 2 rings (SSSR count). The monoisotopic (exact) mass is 208 g/mol. The Balaban J connectivity index is 2.51. The molecule has 0 aliphatic carbocycles. The van der Waals surface area contributed by atoms with E-state index in [1.165, 1.54) is 13.0 Å². The van der Waals surface area contributed by atoms with Gasteiger partial charge in [-0.05, 0) is 30.5 Å². The van der Waals surface area contributed by atoms with Gasteiger partial charge >= 0.3 is 0 Å². The van der Waals surface area contributed by atoms with Crippen LogP contribution in [0.4, 0.5) is 15.8 Å². The lowest BCUT2D eigenvalue weighted by Crippen LogP contribution is -2.33. The van der Waals surface area contributed by atoms with Gasteiger partial charge in [0.05, 0.1) is 5.69 Å². The predicted octanol–water partition coefficient (Wildman–Crippen LogP) is 1.71. The smallest absolute Gasteiger partial charge is 0.223 e. The van der Waals surface area contributed by atoms with E-state index in [9.17, 15) is 9.18 Å². The van der Waals surface area contributed by atoms with Crippen LogP contribution in [0.3, 0.4) is 0 Å². The second-order valence-electron chi connectivity index (χ2n) is 3.78. The number of anilines is 2. The van der Waals surface area contributed by atoms with Gasteiger partial charge in [0.15, 0.2) is 0 Å². The van der Waals surface area contributed by atoms with E-state index in [2.05, 4.69) is 0 Å². The summed E-state index contributed by atoms with van der Waals surface area (Å²) in [6, 6.07) is 2.98. The van der Waals surface area contributed by atoms with Crippen LogP contribution in [0.25, 0.3) is 0 Å². The van der Waals surface area contributed by atoms with Gasteiger partial charge in [-0.1, -0.05) is 0 Å². The van der Waals surface area contributed by atoms with Crippen molar-refractivity contribution >= 4 is 17.3 Å².